The first-order valence-electron chi connectivity index (χ1n) is 8.49. The van der Waals surface area contributed by atoms with Crippen LogP contribution in [-0.2, 0) is 14.8 Å². The van der Waals surface area contributed by atoms with Crippen molar-refractivity contribution in [1.29, 1.82) is 0 Å². The maximum Gasteiger partial charge on any atom is 0.255 e. The Bertz CT molecular complexity index is 864. The highest BCUT2D eigenvalue weighted by Crippen LogP contribution is 2.25. The summed E-state index contributed by atoms with van der Waals surface area (Å²) in [5, 5.41) is 2.79. The first-order valence-corrected chi connectivity index (χ1v) is 9.97. The number of benzene rings is 2. The molecule has 0 aliphatic rings. The number of nitrogens with one attached hydrogen (secondary N) is 2. The highest BCUT2D eigenvalue weighted by Gasteiger charge is 2.15. The molecule has 2 aromatic rings. The number of anilines is 1. The average molecular weight is 392 g/mol. The summed E-state index contributed by atoms with van der Waals surface area (Å²) in [5.74, 6) is 0.216. The molecule has 0 bridgehead atoms. The minimum absolute atomic E-state index is 0.0295. The van der Waals surface area contributed by atoms with E-state index in [0.29, 0.717) is 17.0 Å². The molecule has 0 unspecified atom stereocenters. The number of rotatable bonds is 9. The summed E-state index contributed by atoms with van der Waals surface area (Å²) in [6, 6.07) is 12.8. The van der Waals surface area contributed by atoms with Crippen LogP contribution in [0.2, 0.25) is 0 Å². The van der Waals surface area contributed by atoms with E-state index in [-0.39, 0.29) is 30.1 Å². The third-order valence-corrected chi connectivity index (χ3v) is 5.00. The number of amides is 1. The number of methoxy groups -OCH3 is 1. The molecule has 0 radical (unpaired) electrons. The van der Waals surface area contributed by atoms with E-state index in [4.69, 9.17) is 9.47 Å². The molecular formula is C19H24N2O5S. The van der Waals surface area contributed by atoms with Crippen LogP contribution in [0.15, 0.2) is 53.4 Å². The highest BCUT2D eigenvalue weighted by molar-refractivity contribution is 7.89. The van der Waals surface area contributed by atoms with E-state index in [1.165, 1.54) is 31.4 Å². The predicted octanol–water partition coefficient (Wildman–Crippen LogP) is 2.65. The lowest BCUT2D eigenvalue weighted by Gasteiger charge is -2.15. The van der Waals surface area contributed by atoms with Crippen molar-refractivity contribution < 1.29 is 22.7 Å². The molecule has 2 N–H and O–H groups in total. The standard InChI is InChI=1S/C19H24N2O5S/c1-14(2)26-18-7-5-4-6-17(18)21-19(22)15-8-10-16(11-9-15)27(23,24)20-12-13-25-3/h4-11,14,20H,12-13H2,1-3H3,(H,21,22). The van der Waals surface area contributed by atoms with Crippen molar-refractivity contribution in [1.82, 2.24) is 4.72 Å². The Hall–Kier alpha value is -2.42. The Labute approximate surface area is 159 Å². The monoisotopic (exact) mass is 392 g/mol. The lowest BCUT2D eigenvalue weighted by Crippen LogP contribution is -2.27. The van der Waals surface area contributed by atoms with Crippen LogP contribution in [0.3, 0.4) is 0 Å². The van der Waals surface area contributed by atoms with E-state index < -0.39 is 10.0 Å². The number of carbonyl (C=O) groups excluding carboxylic acids is 1. The summed E-state index contributed by atoms with van der Waals surface area (Å²) in [5.41, 5.74) is 0.888. The fourth-order valence-corrected chi connectivity index (χ4v) is 3.28. The maximum absolute atomic E-state index is 12.5. The van der Waals surface area contributed by atoms with E-state index >= 15 is 0 Å². The topological polar surface area (TPSA) is 93.7 Å². The number of sulfonamides is 1. The molecule has 0 fully saturated rings. The minimum Gasteiger partial charge on any atom is -0.489 e. The van der Waals surface area contributed by atoms with Crippen molar-refractivity contribution in [3.8, 4) is 5.75 Å². The third-order valence-electron chi connectivity index (χ3n) is 3.52. The van der Waals surface area contributed by atoms with Gasteiger partial charge >= 0.3 is 0 Å². The third kappa shape index (κ3) is 6.06. The normalized spacial score (nSPS) is 11.4. The number of carbonyl (C=O) groups is 1. The van der Waals surface area contributed by atoms with Gasteiger partial charge in [-0.15, -0.1) is 0 Å². The summed E-state index contributed by atoms with van der Waals surface area (Å²) in [4.78, 5) is 12.6. The Balaban J connectivity index is 2.10. The Kier molecular flexibility index (Phi) is 7.35. The quantitative estimate of drug-likeness (QED) is 0.640. The molecule has 27 heavy (non-hydrogen) atoms. The molecule has 2 aromatic carbocycles. The van der Waals surface area contributed by atoms with Gasteiger partial charge in [-0.1, -0.05) is 12.1 Å². The van der Waals surface area contributed by atoms with E-state index in [2.05, 4.69) is 10.0 Å². The van der Waals surface area contributed by atoms with Crippen LogP contribution >= 0.6 is 0 Å². The first-order chi connectivity index (χ1) is 12.8. The fourth-order valence-electron chi connectivity index (χ4n) is 2.27. The summed E-state index contributed by atoms with van der Waals surface area (Å²) in [7, 11) is -2.14. The molecule has 7 nitrogen and oxygen atoms in total. The van der Waals surface area contributed by atoms with Crippen LogP contribution < -0.4 is 14.8 Å². The summed E-state index contributed by atoms with van der Waals surface area (Å²) >= 11 is 0. The predicted molar refractivity (Wildman–Crippen MR) is 104 cm³/mol. The molecule has 0 spiro atoms. The van der Waals surface area contributed by atoms with E-state index in [0.717, 1.165) is 0 Å². The highest BCUT2D eigenvalue weighted by atomic mass is 32.2. The van der Waals surface area contributed by atoms with Crippen LogP contribution in [0.1, 0.15) is 24.2 Å². The van der Waals surface area contributed by atoms with Gasteiger partial charge in [0.2, 0.25) is 10.0 Å². The molecule has 8 heteroatoms. The number of para-hydroxylation sites is 2. The van der Waals surface area contributed by atoms with Gasteiger partial charge in [-0.3, -0.25) is 4.79 Å². The summed E-state index contributed by atoms with van der Waals surface area (Å²) < 4.78 is 37.2. The zero-order chi connectivity index (χ0) is 19.9. The van der Waals surface area contributed by atoms with Gasteiger partial charge in [-0.2, -0.15) is 0 Å². The zero-order valence-electron chi connectivity index (χ0n) is 15.6. The van der Waals surface area contributed by atoms with E-state index in [1.54, 1.807) is 18.2 Å². The van der Waals surface area contributed by atoms with Gasteiger partial charge in [0.05, 0.1) is 23.3 Å². The van der Waals surface area contributed by atoms with Crippen molar-refractivity contribution in [2.45, 2.75) is 24.8 Å². The van der Waals surface area contributed by atoms with Gasteiger partial charge in [0.1, 0.15) is 5.75 Å². The summed E-state index contributed by atoms with van der Waals surface area (Å²) in [6.45, 7) is 4.25. The van der Waals surface area contributed by atoms with Gasteiger partial charge in [0.15, 0.2) is 0 Å². The zero-order valence-corrected chi connectivity index (χ0v) is 16.4. The molecule has 0 heterocycles. The van der Waals surface area contributed by atoms with E-state index in [1.807, 2.05) is 19.9 Å². The maximum atomic E-state index is 12.5. The van der Waals surface area contributed by atoms with Crippen LogP contribution in [0.4, 0.5) is 5.69 Å². The van der Waals surface area contributed by atoms with Crippen LogP contribution in [0.25, 0.3) is 0 Å². The smallest absolute Gasteiger partial charge is 0.255 e. The molecule has 0 aliphatic heterocycles. The Morgan fingerprint density at radius 1 is 1.07 bits per heavy atom. The second-order valence-corrected chi connectivity index (χ2v) is 7.80. The summed E-state index contributed by atoms with van der Waals surface area (Å²) in [6.07, 6.45) is -0.0295. The molecule has 0 aliphatic carbocycles. The van der Waals surface area contributed by atoms with Crippen molar-refractivity contribution in [2.24, 2.45) is 0 Å². The lowest BCUT2D eigenvalue weighted by atomic mass is 10.2. The van der Waals surface area contributed by atoms with Crippen molar-refractivity contribution >= 4 is 21.6 Å². The van der Waals surface area contributed by atoms with Gasteiger partial charge < -0.3 is 14.8 Å². The second kappa shape index (κ2) is 9.50. The Morgan fingerprint density at radius 3 is 2.37 bits per heavy atom. The largest absolute Gasteiger partial charge is 0.489 e. The van der Waals surface area contributed by atoms with Crippen LogP contribution in [0.5, 0.6) is 5.75 Å². The molecule has 2 rings (SSSR count). The molecule has 0 atom stereocenters. The van der Waals surface area contributed by atoms with Crippen LogP contribution in [-0.4, -0.2) is 40.7 Å². The SMILES string of the molecule is COCCNS(=O)(=O)c1ccc(C(=O)Nc2ccccc2OC(C)C)cc1. The van der Waals surface area contributed by atoms with Gasteiger partial charge in [0, 0.05) is 19.2 Å². The van der Waals surface area contributed by atoms with E-state index in [9.17, 15) is 13.2 Å². The first kappa shape index (κ1) is 20.9. The molecule has 0 saturated carbocycles. The lowest BCUT2D eigenvalue weighted by molar-refractivity contribution is 0.102. The molecule has 1 amide bonds. The molecule has 0 saturated heterocycles. The van der Waals surface area contributed by atoms with Crippen LogP contribution in [0, 0.1) is 0 Å². The number of ether oxygens (including phenoxy) is 2. The molecule has 0 aromatic heterocycles. The number of hydrogen-bond donors (Lipinski definition) is 2. The number of hydrogen-bond acceptors (Lipinski definition) is 5. The van der Waals surface area contributed by atoms with Crippen molar-refractivity contribution in [3.63, 3.8) is 0 Å². The average Bonchev–Trinajstić information content (AvgIpc) is 2.63. The second-order valence-electron chi connectivity index (χ2n) is 6.03. The van der Waals surface area contributed by atoms with Gasteiger partial charge in [0.25, 0.3) is 5.91 Å². The minimum atomic E-state index is -3.64. The van der Waals surface area contributed by atoms with Gasteiger partial charge in [-0.05, 0) is 50.2 Å². The molecular weight excluding hydrogens is 368 g/mol. The Morgan fingerprint density at radius 2 is 1.74 bits per heavy atom. The van der Waals surface area contributed by atoms with Gasteiger partial charge in [-0.25, -0.2) is 13.1 Å². The fraction of sp³-hybridized carbons (Fsp3) is 0.316. The van der Waals surface area contributed by atoms with Crippen molar-refractivity contribution in [3.05, 3.63) is 54.1 Å². The molecule has 146 valence electrons. The van der Waals surface area contributed by atoms with Crippen molar-refractivity contribution in [2.75, 3.05) is 25.6 Å².